The highest BCUT2D eigenvalue weighted by Gasteiger charge is 2.24. The van der Waals surface area contributed by atoms with Gasteiger partial charge in [-0.15, -0.1) is 0 Å². The van der Waals surface area contributed by atoms with Gasteiger partial charge >= 0.3 is 0 Å². The van der Waals surface area contributed by atoms with Crippen LogP contribution in [0, 0.1) is 0 Å². The Morgan fingerprint density at radius 2 is 2.62 bits per heavy atom. The molecular weight excluding hydrogens is 168 g/mol. The first-order chi connectivity index (χ1) is 6.29. The summed E-state index contributed by atoms with van der Waals surface area (Å²) < 4.78 is 5.29. The Balaban J connectivity index is 2.08. The van der Waals surface area contributed by atoms with Crippen molar-refractivity contribution in [2.45, 2.75) is 18.9 Å². The molecule has 72 valence electrons. The first-order valence-corrected chi connectivity index (χ1v) is 4.53. The van der Waals surface area contributed by atoms with Crippen molar-refractivity contribution in [3.8, 4) is 0 Å². The fourth-order valence-corrected chi connectivity index (χ4v) is 1.72. The van der Waals surface area contributed by atoms with Gasteiger partial charge in [0.25, 0.3) is 0 Å². The summed E-state index contributed by atoms with van der Waals surface area (Å²) in [5, 5.41) is 8.81. The summed E-state index contributed by atoms with van der Waals surface area (Å²) in [6, 6.07) is 0. The van der Waals surface area contributed by atoms with Crippen LogP contribution in [0.2, 0.25) is 0 Å². The van der Waals surface area contributed by atoms with Gasteiger partial charge in [-0.05, 0) is 20.0 Å². The van der Waals surface area contributed by atoms with Crippen LogP contribution >= 0.6 is 0 Å². The van der Waals surface area contributed by atoms with Gasteiger partial charge in [0.2, 0.25) is 0 Å². The van der Waals surface area contributed by atoms with E-state index in [1.165, 1.54) is 6.26 Å². The maximum Gasteiger partial charge on any atom is 0.198 e. The summed E-state index contributed by atoms with van der Waals surface area (Å²) in [6.07, 6.45) is 2.63. The minimum absolute atomic E-state index is 0.0357. The van der Waals surface area contributed by atoms with E-state index < -0.39 is 0 Å². The van der Waals surface area contributed by atoms with Gasteiger partial charge in [-0.25, -0.2) is 4.98 Å². The van der Waals surface area contributed by atoms with Crippen LogP contribution < -0.4 is 0 Å². The third-order valence-electron chi connectivity index (χ3n) is 2.47. The lowest BCUT2D eigenvalue weighted by molar-refractivity contribution is 0.276. The second kappa shape index (κ2) is 3.47. The summed E-state index contributed by atoms with van der Waals surface area (Å²) >= 11 is 0. The van der Waals surface area contributed by atoms with Gasteiger partial charge in [-0.2, -0.15) is 0 Å². The van der Waals surface area contributed by atoms with Gasteiger partial charge in [0, 0.05) is 12.5 Å². The van der Waals surface area contributed by atoms with Crippen molar-refractivity contribution in [3.63, 3.8) is 0 Å². The molecule has 1 saturated heterocycles. The predicted octanol–water partition coefficient (Wildman–Crippen LogP) is 0.586. The maximum absolute atomic E-state index is 8.81. The fourth-order valence-electron chi connectivity index (χ4n) is 1.72. The average Bonchev–Trinajstić information content (AvgIpc) is 2.71. The molecule has 2 rings (SSSR count). The third-order valence-corrected chi connectivity index (χ3v) is 2.47. The molecule has 1 aromatic rings. The molecule has 4 nitrogen and oxygen atoms in total. The normalized spacial score (nSPS) is 24.0. The molecule has 13 heavy (non-hydrogen) atoms. The standard InChI is InChI=1S/C9H14N2O2/c1-11-3-2-7(4-11)9-10-8(5-12)6-13-9/h6-7,12H,2-5H2,1H3. The molecule has 1 N–H and O–H groups in total. The smallest absolute Gasteiger partial charge is 0.198 e. The lowest BCUT2D eigenvalue weighted by Gasteiger charge is -2.05. The van der Waals surface area contributed by atoms with E-state index >= 15 is 0 Å². The van der Waals surface area contributed by atoms with Crippen molar-refractivity contribution in [2.24, 2.45) is 0 Å². The number of likely N-dealkylation sites (tertiary alicyclic amines) is 1. The number of aliphatic hydroxyl groups is 1. The van der Waals surface area contributed by atoms with Gasteiger partial charge in [0.1, 0.15) is 12.0 Å². The number of aromatic nitrogens is 1. The Kier molecular flexibility index (Phi) is 2.33. The molecule has 0 spiro atoms. The number of hydrogen-bond acceptors (Lipinski definition) is 4. The van der Waals surface area contributed by atoms with E-state index in [4.69, 9.17) is 9.52 Å². The molecule has 4 heteroatoms. The molecule has 0 aliphatic carbocycles. The number of aliphatic hydroxyl groups excluding tert-OH is 1. The van der Waals surface area contributed by atoms with E-state index in [0.717, 1.165) is 25.4 Å². The first kappa shape index (κ1) is 8.72. The van der Waals surface area contributed by atoms with Crippen molar-refractivity contribution < 1.29 is 9.52 Å². The quantitative estimate of drug-likeness (QED) is 0.727. The zero-order valence-electron chi connectivity index (χ0n) is 7.73. The third kappa shape index (κ3) is 1.73. The van der Waals surface area contributed by atoms with Crippen molar-refractivity contribution in [3.05, 3.63) is 17.8 Å². The summed E-state index contributed by atoms with van der Waals surface area (Å²) in [5.74, 6) is 1.18. The second-order valence-corrected chi connectivity index (χ2v) is 3.58. The first-order valence-electron chi connectivity index (χ1n) is 4.53. The van der Waals surface area contributed by atoms with Crippen LogP contribution in [0.15, 0.2) is 10.7 Å². The van der Waals surface area contributed by atoms with Crippen LogP contribution in [0.1, 0.15) is 23.9 Å². The van der Waals surface area contributed by atoms with Gasteiger partial charge in [-0.3, -0.25) is 0 Å². The summed E-state index contributed by atoms with van der Waals surface area (Å²) in [7, 11) is 2.09. The summed E-state index contributed by atoms with van der Waals surface area (Å²) in [6.45, 7) is 2.07. The lowest BCUT2D eigenvalue weighted by Crippen LogP contribution is -2.13. The molecule has 0 saturated carbocycles. The molecule has 0 amide bonds. The Morgan fingerprint density at radius 1 is 1.77 bits per heavy atom. The van der Waals surface area contributed by atoms with Crippen LogP contribution in [0.4, 0.5) is 0 Å². The SMILES string of the molecule is CN1CCC(c2nc(CO)co2)C1. The van der Waals surface area contributed by atoms with Crippen LogP contribution in [-0.2, 0) is 6.61 Å². The number of rotatable bonds is 2. The molecule has 1 aliphatic rings. The van der Waals surface area contributed by atoms with Gasteiger partial charge in [-0.1, -0.05) is 0 Å². The van der Waals surface area contributed by atoms with Crippen molar-refractivity contribution >= 4 is 0 Å². The molecule has 1 aliphatic heterocycles. The summed E-state index contributed by atoms with van der Waals surface area (Å²) in [5.41, 5.74) is 0.629. The van der Waals surface area contributed by atoms with E-state index in [1.54, 1.807) is 0 Å². The highest BCUT2D eigenvalue weighted by molar-refractivity contribution is 5.02. The summed E-state index contributed by atoms with van der Waals surface area (Å²) in [4.78, 5) is 6.46. The highest BCUT2D eigenvalue weighted by Crippen LogP contribution is 2.25. The Labute approximate surface area is 77.2 Å². The predicted molar refractivity (Wildman–Crippen MR) is 47.3 cm³/mol. The van der Waals surface area contributed by atoms with Crippen LogP contribution in [0.3, 0.4) is 0 Å². The zero-order chi connectivity index (χ0) is 9.26. The zero-order valence-corrected chi connectivity index (χ0v) is 7.73. The second-order valence-electron chi connectivity index (χ2n) is 3.58. The molecule has 2 heterocycles. The maximum atomic E-state index is 8.81. The Bertz CT molecular complexity index is 285. The monoisotopic (exact) mass is 182 g/mol. The molecule has 0 aromatic carbocycles. The Hall–Kier alpha value is -0.870. The number of hydrogen-bond donors (Lipinski definition) is 1. The highest BCUT2D eigenvalue weighted by atomic mass is 16.3. The van der Waals surface area contributed by atoms with E-state index in [0.29, 0.717) is 11.6 Å². The van der Waals surface area contributed by atoms with Crippen molar-refractivity contribution in [1.29, 1.82) is 0 Å². The fraction of sp³-hybridized carbons (Fsp3) is 0.667. The molecule has 0 radical (unpaired) electrons. The minimum atomic E-state index is -0.0357. The van der Waals surface area contributed by atoms with Crippen molar-refractivity contribution in [1.82, 2.24) is 9.88 Å². The molecular formula is C9H14N2O2. The largest absolute Gasteiger partial charge is 0.448 e. The van der Waals surface area contributed by atoms with E-state index in [2.05, 4.69) is 16.9 Å². The molecule has 1 aromatic heterocycles. The molecule has 1 atom stereocenters. The molecule has 0 bridgehead atoms. The lowest BCUT2D eigenvalue weighted by atomic mass is 10.1. The van der Waals surface area contributed by atoms with Crippen LogP contribution in [0.25, 0.3) is 0 Å². The van der Waals surface area contributed by atoms with Gasteiger partial charge in [0.15, 0.2) is 5.89 Å². The Morgan fingerprint density at radius 3 is 3.15 bits per heavy atom. The van der Waals surface area contributed by atoms with Crippen LogP contribution in [0.5, 0.6) is 0 Å². The van der Waals surface area contributed by atoms with Crippen LogP contribution in [-0.4, -0.2) is 35.1 Å². The minimum Gasteiger partial charge on any atom is -0.448 e. The number of nitrogens with zero attached hydrogens (tertiary/aromatic N) is 2. The molecule has 1 unspecified atom stereocenters. The van der Waals surface area contributed by atoms with E-state index in [1.807, 2.05) is 0 Å². The van der Waals surface area contributed by atoms with Gasteiger partial charge in [0.05, 0.1) is 6.61 Å². The van der Waals surface area contributed by atoms with Crippen molar-refractivity contribution in [2.75, 3.05) is 20.1 Å². The molecule has 1 fully saturated rings. The van der Waals surface area contributed by atoms with E-state index in [-0.39, 0.29) is 6.61 Å². The van der Waals surface area contributed by atoms with Gasteiger partial charge < -0.3 is 14.4 Å². The topological polar surface area (TPSA) is 49.5 Å². The number of likely N-dealkylation sites (N-methyl/N-ethyl adjacent to an activating group) is 1. The number of oxazole rings is 1. The average molecular weight is 182 g/mol. The van der Waals surface area contributed by atoms with E-state index in [9.17, 15) is 0 Å².